The standard InChI is InChI=1S/C17H13Cl2N3O3S/c1-2-14-20-17(22-21-14)26-13(16(23)24)8-9-6-7-12(25-9)10-4-3-5-11(18)15(10)19/h3-8H,2H2,1H3,(H,23,24)(H,20,21,22)/b13-8+. The van der Waals surface area contributed by atoms with Crippen molar-refractivity contribution in [2.24, 2.45) is 0 Å². The van der Waals surface area contributed by atoms with Crippen LogP contribution in [0.15, 0.2) is 44.8 Å². The molecule has 0 aliphatic carbocycles. The molecule has 0 bridgehead atoms. The Morgan fingerprint density at radius 3 is 2.85 bits per heavy atom. The van der Waals surface area contributed by atoms with Gasteiger partial charge in [-0.2, -0.15) is 0 Å². The summed E-state index contributed by atoms with van der Waals surface area (Å²) in [6.45, 7) is 1.92. The van der Waals surface area contributed by atoms with E-state index < -0.39 is 5.97 Å². The normalized spacial score (nSPS) is 11.7. The fourth-order valence-corrected chi connectivity index (χ4v) is 3.21. The summed E-state index contributed by atoms with van der Waals surface area (Å²) in [5.41, 5.74) is 0.630. The molecule has 0 radical (unpaired) electrons. The number of carboxylic acid groups (broad SMARTS) is 1. The SMILES string of the molecule is CCc1nc(S/C(=C/c2ccc(-c3cccc(Cl)c3Cl)o2)C(=O)O)n[nH]1. The average molecular weight is 410 g/mol. The van der Waals surface area contributed by atoms with E-state index in [2.05, 4.69) is 15.2 Å². The summed E-state index contributed by atoms with van der Waals surface area (Å²) in [5, 5.41) is 17.3. The molecule has 9 heteroatoms. The van der Waals surface area contributed by atoms with Gasteiger partial charge in [0.2, 0.25) is 5.16 Å². The van der Waals surface area contributed by atoms with E-state index >= 15 is 0 Å². The third-order valence-electron chi connectivity index (χ3n) is 3.38. The first kappa shape index (κ1) is 18.6. The van der Waals surface area contributed by atoms with Crippen LogP contribution in [0.3, 0.4) is 0 Å². The summed E-state index contributed by atoms with van der Waals surface area (Å²) in [5.74, 6) is 0.446. The topological polar surface area (TPSA) is 92.0 Å². The fourth-order valence-electron chi connectivity index (χ4n) is 2.11. The third kappa shape index (κ3) is 4.12. The number of hydrogen-bond acceptors (Lipinski definition) is 5. The largest absolute Gasteiger partial charge is 0.477 e. The van der Waals surface area contributed by atoms with E-state index in [0.717, 1.165) is 11.8 Å². The van der Waals surface area contributed by atoms with E-state index in [0.29, 0.717) is 44.5 Å². The van der Waals surface area contributed by atoms with Gasteiger partial charge in [-0.15, -0.1) is 5.10 Å². The quantitative estimate of drug-likeness (QED) is 0.431. The van der Waals surface area contributed by atoms with Gasteiger partial charge in [-0.1, -0.05) is 36.2 Å². The van der Waals surface area contributed by atoms with Crippen molar-refractivity contribution >= 4 is 47.0 Å². The van der Waals surface area contributed by atoms with Gasteiger partial charge in [0.05, 0.1) is 10.0 Å². The van der Waals surface area contributed by atoms with Crippen LogP contribution in [0.1, 0.15) is 18.5 Å². The zero-order valence-corrected chi connectivity index (χ0v) is 15.8. The Morgan fingerprint density at radius 1 is 1.35 bits per heavy atom. The molecule has 0 fully saturated rings. The smallest absolute Gasteiger partial charge is 0.342 e. The van der Waals surface area contributed by atoms with Crippen LogP contribution >= 0.6 is 35.0 Å². The maximum absolute atomic E-state index is 11.5. The summed E-state index contributed by atoms with van der Waals surface area (Å²) in [4.78, 5) is 15.8. The Balaban J connectivity index is 1.88. The maximum Gasteiger partial charge on any atom is 0.342 e. The van der Waals surface area contributed by atoms with E-state index in [1.54, 1.807) is 30.3 Å². The molecule has 0 atom stereocenters. The molecule has 0 amide bonds. The molecular formula is C17H13Cl2N3O3S. The van der Waals surface area contributed by atoms with Crippen molar-refractivity contribution in [2.75, 3.05) is 0 Å². The lowest BCUT2D eigenvalue weighted by molar-refractivity contribution is -0.131. The van der Waals surface area contributed by atoms with Crippen molar-refractivity contribution in [3.8, 4) is 11.3 Å². The van der Waals surface area contributed by atoms with Crippen LogP contribution in [-0.2, 0) is 11.2 Å². The molecule has 0 aliphatic rings. The number of hydrogen-bond donors (Lipinski definition) is 2. The molecular weight excluding hydrogens is 397 g/mol. The molecule has 0 saturated carbocycles. The number of nitrogens with zero attached hydrogens (tertiary/aromatic N) is 2. The first-order valence-electron chi connectivity index (χ1n) is 7.56. The minimum absolute atomic E-state index is 0.0322. The summed E-state index contributed by atoms with van der Waals surface area (Å²) in [6, 6.07) is 8.57. The van der Waals surface area contributed by atoms with Gasteiger partial charge in [0.1, 0.15) is 22.3 Å². The predicted molar refractivity (Wildman–Crippen MR) is 101 cm³/mol. The number of furan rings is 1. The predicted octanol–water partition coefficient (Wildman–Crippen LogP) is 5.15. The molecule has 1 aromatic carbocycles. The lowest BCUT2D eigenvalue weighted by atomic mass is 10.2. The van der Waals surface area contributed by atoms with Crippen LogP contribution < -0.4 is 0 Å². The second kappa shape index (κ2) is 7.99. The number of halogens is 2. The highest BCUT2D eigenvalue weighted by Gasteiger charge is 2.15. The highest BCUT2D eigenvalue weighted by atomic mass is 35.5. The number of aromatic nitrogens is 3. The Hall–Kier alpha value is -2.22. The van der Waals surface area contributed by atoms with Crippen LogP contribution in [0.4, 0.5) is 0 Å². The second-order valence-electron chi connectivity index (χ2n) is 5.14. The van der Waals surface area contributed by atoms with Gasteiger partial charge in [-0.3, -0.25) is 5.10 Å². The molecule has 2 aromatic heterocycles. The van der Waals surface area contributed by atoms with Gasteiger partial charge >= 0.3 is 5.97 Å². The van der Waals surface area contributed by atoms with Crippen molar-refractivity contribution in [1.82, 2.24) is 15.2 Å². The van der Waals surface area contributed by atoms with Gasteiger partial charge in [0.25, 0.3) is 0 Å². The summed E-state index contributed by atoms with van der Waals surface area (Å²) in [6.07, 6.45) is 2.10. The molecule has 3 aromatic rings. The lowest BCUT2D eigenvalue weighted by Gasteiger charge is -2.02. The molecule has 0 aliphatic heterocycles. The Bertz CT molecular complexity index is 981. The molecule has 0 unspecified atom stereocenters. The number of H-pyrrole nitrogens is 1. The van der Waals surface area contributed by atoms with E-state index in [1.165, 1.54) is 6.08 Å². The summed E-state index contributed by atoms with van der Waals surface area (Å²) in [7, 11) is 0. The molecule has 6 nitrogen and oxygen atoms in total. The second-order valence-corrected chi connectivity index (χ2v) is 6.93. The van der Waals surface area contributed by atoms with Gasteiger partial charge in [0, 0.05) is 18.1 Å². The molecule has 134 valence electrons. The number of aliphatic carboxylic acids is 1. The van der Waals surface area contributed by atoms with Crippen molar-refractivity contribution in [2.45, 2.75) is 18.5 Å². The number of aromatic amines is 1. The number of carbonyl (C=O) groups is 1. The minimum atomic E-state index is -1.10. The maximum atomic E-state index is 11.5. The van der Waals surface area contributed by atoms with Gasteiger partial charge in [-0.05, 0) is 36.0 Å². The number of nitrogens with one attached hydrogen (secondary N) is 1. The van der Waals surface area contributed by atoms with Crippen molar-refractivity contribution in [3.05, 3.63) is 56.9 Å². The van der Waals surface area contributed by atoms with Crippen molar-refractivity contribution < 1.29 is 14.3 Å². The number of benzene rings is 1. The number of rotatable bonds is 6. The fraction of sp³-hybridized carbons (Fsp3) is 0.118. The molecule has 0 spiro atoms. The van der Waals surface area contributed by atoms with E-state index in [4.69, 9.17) is 27.6 Å². The zero-order chi connectivity index (χ0) is 18.7. The van der Waals surface area contributed by atoms with E-state index in [-0.39, 0.29) is 4.91 Å². The average Bonchev–Trinajstić information content (AvgIpc) is 3.26. The van der Waals surface area contributed by atoms with Crippen LogP contribution in [0.5, 0.6) is 0 Å². The van der Waals surface area contributed by atoms with E-state index in [1.807, 2.05) is 6.92 Å². The number of carboxylic acids is 1. The first-order chi connectivity index (χ1) is 12.5. The third-order valence-corrected chi connectivity index (χ3v) is 5.07. The van der Waals surface area contributed by atoms with E-state index in [9.17, 15) is 9.90 Å². The molecule has 0 saturated heterocycles. The monoisotopic (exact) mass is 409 g/mol. The zero-order valence-electron chi connectivity index (χ0n) is 13.5. The number of thioether (sulfide) groups is 1. The lowest BCUT2D eigenvalue weighted by Crippen LogP contribution is -1.97. The van der Waals surface area contributed by atoms with Gasteiger partial charge < -0.3 is 9.52 Å². The van der Waals surface area contributed by atoms with Crippen LogP contribution in [-0.4, -0.2) is 26.3 Å². The van der Waals surface area contributed by atoms with Crippen molar-refractivity contribution in [1.29, 1.82) is 0 Å². The van der Waals surface area contributed by atoms with Crippen LogP contribution in [0.25, 0.3) is 17.4 Å². The molecule has 2 N–H and O–H groups in total. The summed E-state index contributed by atoms with van der Waals surface area (Å²) >= 11 is 13.1. The summed E-state index contributed by atoms with van der Waals surface area (Å²) < 4.78 is 5.71. The highest BCUT2D eigenvalue weighted by Crippen LogP contribution is 2.35. The molecule has 2 heterocycles. The first-order valence-corrected chi connectivity index (χ1v) is 9.13. The highest BCUT2D eigenvalue weighted by molar-refractivity contribution is 8.04. The van der Waals surface area contributed by atoms with Gasteiger partial charge in [0.15, 0.2) is 0 Å². The van der Waals surface area contributed by atoms with Crippen molar-refractivity contribution in [3.63, 3.8) is 0 Å². The van der Waals surface area contributed by atoms with Crippen LogP contribution in [0, 0.1) is 0 Å². The molecule has 26 heavy (non-hydrogen) atoms. The minimum Gasteiger partial charge on any atom is -0.477 e. The number of aryl methyl sites for hydroxylation is 1. The Labute approximate surface area is 163 Å². The Morgan fingerprint density at radius 2 is 2.15 bits per heavy atom. The van der Waals surface area contributed by atoms with Gasteiger partial charge in [-0.25, -0.2) is 9.78 Å². The van der Waals surface area contributed by atoms with Crippen LogP contribution in [0.2, 0.25) is 10.0 Å². The Kier molecular flexibility index (Phi) is 5.70. The molecule has 3 rings (SSSR count).